The van der Waals surface area contributed by atoms with Gasteiger partial charge in [-0.2, -0.15) is 0 Å². The molecule has 0 aromatic heterocycles. The lowest BCUT2D eigenvalue weighted by atomic mass is 10.0. The zero-order valence-corrected chi connectivity index (χ0v) is 12.1. The third kappa shape index (κ3) is 3.14. The van der Waals surface area contributed by atoms with Crippen molar-refractivity contribution in [2.45, 2.75) is 25.4 Å². The van der Waals surface area contributed by atoms with Crippen molar-refractivity contribution in [2.24, 2.45) is 5.73 Å². The molecule has 0 bridgehead atoms. The second kappa shape index (κ2) is 6.37. The van der Waals surface area contributed by atoms with Gasteiger partial charge < -0.3 is 5.73 Å². The van der Waals surface area contributed by atoms with Crippen LogP contribution in [0.3, 0.4) is 0 Å². The van der Waals surface area contributed by atoms with Gasteiger partial charge in [0.1, 0.15) is 5.82 Å². The number of hydrogen-bond donors (Lipinski definition) is 1. The Morgan fingerprint density at radius 2 is 1.76 bits per heavy atom. The van der Waals surface area contributed by atoms with Crippen LogP contribution < -0.4 is 5.73 Å². The van der Waals surface area contributed by atoms with E-state index in [1.165, 1.54) is 23.3 Å². The summed E-state index contributed by atoms with van der Waals surface area (Å²) in [7, 11) is 0. The van der Waals surface area contributed by atoms with Gasteiger partial charge in [0.2, 0.25) is 0 Å². The van der Waals surface area contributed by atoms with Crippen LogP contribution in [0.15, 0.2) is 48.5 Å². The normalized spacial score (nSPS) is 17.0. The molecule has 0 aliphatic carbocycles. The van der Waals surface area contributed by atoms with Gasteiger partial charge in [0.15, 0.2) is 0 Å². The van der Waals surface area contributed by atoms with Crippen LogP contribution in [0, 0.1) is 5.82 Å². The van der Waals surface area contributed by atoms with Crippen LogP contribution in [0.1, 0.15) is 29.2 Å². The summed E-state index contributed by atoms with van der Waals surface area (Å²) in [4.78, 5) is 2.42. The number of nitrogens with two attached hydrogens (primary N) is 1. The molecule has 2 N–H and O–H groups in total. The smallest absolute Gasteiger partial charge is 0.123 e. The first-order chi connectivity index (χ1) is 10.3. The number of aryl methyl sites for hydroxylation is 1. The molecule has 3 rings (SSSR count). The average molecular weight is 284 g/mol. The van der Waals surface area contributed by atoms with Crippen LogP contribution in [0.5, 0.6) is 0 Å². The summed E-state index contributed by atoms with van der Waals surface area (Å²) in [5.74, 6) is -0.198. The predicted octanol–water partition coefficient (Wildman–Crippen LogP) is 3.27. The molecule has 0 radical (unpaired) electrons. The van der Waals surface area contributed by atoms with Gasteiger partial charge in [-0.05, 0) is 48.2 Å². The Hall–Kier alpha value is -1.71. The van der Waals surface area contributed by atoms with E-state index in [0.717, 1.165) is 31.5 Å². The summed E-state index contributed by atoms with van der Waals surface area (Å²) in [6.45, 7) is 2.48. The molecular weight excluding hydrogens is 263 g/mol. The van der Waals surface area contributed by atoms with Crippen LogP contribution in [-0.2, 0) is 13.0 Å². The molecule has 0 amide bonds. The summed E-state index contributed by atoms with van der Waals surface area (Å²) in [6.07, 6.45) is 2.25. The van der Waals surface area contributed by atoms with Crippen molar-refractivity contribution in [3.05, 3.63) is 71.0 Å². The monoisotopic (exact) mass is 284 g/mol. The maximum absolute atomic E-state index is 13.1. The SMILES string of the molecule is NCC(c1ccc(F)cc1)N1CCCc2ccccc2C1. The Morgan fingerprint density at radius 1 is 1.05 bits per heavy atom. The highest BCUT2D eigenvalue weighted by molar-refractivity contribution is 5.29. The van der Waals surface area contributed by atoms with Gasteiger partial charge in [0.25, 0.3) is 0 Å². The van der Waals surface area contributed by atoms with Gasteiger partial charge in [0, 0.05) is 19.1 Å². The highest BCUT2D eigenvalue weighted by Crippen LogP contribution is 2.26. The first-order valence-corrected chi connectivity index (χ1v) is 7.54. The first-order valence-electron chi connectivity index (χ1n) is 7.54. The summed E-state index contributed by atoms with van der Waals surface area (Å²) >= 11 is 0. The highest BCUT2D eigenvalue weighted by atomic mass is 19.1. The van der Waals surface area contributed by atoms with E-state index in [-0.39, 0.29) is 11.9 Å². The molecule has 1 unspecified atom stereocenters. The summed E-state index contributed by atoms with van der Waals surface area (Å²) < 4.78 is 13.1. The second-order valence-electron chi connectivity index (χ2n) is 5.65. The third-order valence-corrected chi connectivity index (χ3v) is 4.30. The van der Waals surface area contributed by atoms with E-state index in [1.807, 2.05) is 12.1 Å². The van der Waals surface area contributed by atoms with E-state index in [2.05, 4.69) is 29.2 Å². The molecule has 3 heteroatoms. The van der Waals surface area contributed by atoms with Crippen molar-refractivity contribution in [1.82, 2.24) is 4.90 Å². The van der Waals surface area contributed by atoms with Gasteiger partial charge in [-0.1, -0.05) is 36.4 Å². The number of fused-ring (bicyclic) bond motifs is 1. The molecule has 0 spiro atoms. The molecule has 1 atom stereocenters. The van der Waals surface area contributed by atoms with Crippen molar-refractivity contribution < 1.29 is 4.39 Å². The van der Waals surface area contributed by atoms with Crippen molar-refractivity contribution in [1.29, 1.82) is 0 Å². The minimum Gasteiger partial charge on any atom is -0.329 e. The fraction of sp³-hybridized carbons (Fsp3) is 0.333. The Morgan fingerprint density at radius 3 is 2.48 bits per heavy atom. The zero-order chi connectivity index (χ0) is 14.7. The van der Waals surface area contributed by atoms with E-state index < -0.39 is 0 Å². The number of halogens is 1. The fourth-order valence-electron chi connectivity index (χ4n) is 3.17. The summed E-state index contributed by atoms with van der Waals surface area (Å²) in [5.41, 5.74) is 9.93. The molecule has 21 heavy (non-hydrogen) atoms. The number of nitrogens with zero attached hydrogens (tertiary/aromatic N) is 1. The Bertz CT molecular complexity index is 594. The van der Waals surface area contributed by atoms with Gasteiger partial charge in [0.05, 0.1) is 0 Å². The largest absolute Gasteiger partial charge is 0.329 e. The van der Waals surface area contributed by atoms with Crippen molar-refractivity contribution in [3.63, 3.8) is 0 Å². The Labute approximate surface area is 125 Å². The standard InChI is InChI=1S/C18H21FN2/c19-17-9-7-15(8-10-17)18(12-20)21-11-3-6-14-4-1-2-5-16(14)13-21/h1-2,4-5,7-10,18H,3,6,11-13,20H2. The zero-order valence-electron chi connectivity index (χ0n) is 12.1. The van der Waals surface area contributed by atoms with Crippen molar-refractivity contribution in [3.8, 4) is 0 Å². The van der Waals surface area contributed by atoms with Crippen molar-refractivity contribution >= 4 is 0 Å². The van der Waals surface area contributed by atoms with E-state index in [9.17, 15) is 4.39 Å². The van der Waals surface area contributed by atoms with E-state index in [4.69, 9.17) is 5.73 Å². The lowest BCUT2D eigenvalue weighted by molar-refractivity contribution is 0.195. The molecule has 1 heterocycles. The highest BCUT2D eigenvalue weighted by Gasteiger charge is 2.22. The minimum absolute atomic E-state index is 0.150. The first kappa shape index (κ1) is 14.2. The molecule has 2 aromatic rings. The minimum atomic E-state index is -0.198. The van der Waals surface area contributed by atoms with Crippen LogP contribution >= 0.6 is 0 Å². The lowest BCUT2D eigenvalue weighted by Crippen LogP contribution is -2.33. The molecule has 0 saturated carbocycles. The number of hydrogen-bond acceptors (Lipinski definition) is 2. The molecule has 2 nitrogen and oxygen atoms in total. The predicted molar refractivity (Wildman–Crippen MR) is 83.4 cm³/mol. The number of rotatable bonds is 3. The third-order valence-electron chi connectivity index (χ3n) is 4.30. The molecule has 0 fully saturated rings. The lowest BCUT2D eigenvalue weighted by Gasteiger charge is -2.30. The van der Waals surface area contributed by atoms with E-state index in [0.29, 0.717) is 6.54 Å². The van der Waals surface area contributed by atoms with E-state index >= 15 is 0 Å². The summed E-state index contributed by atoms with van der Waals surface area (Å²) in [5, 5.41) is 0. The topological polar surface area (TPSA) is 29.3 Å². The van der Waals surface area contributed by atoms with Crippen LogP contribution in [0.2, 0.25) is 0 Å². The van der Waals surface area contributed by atoms with Gasteiger partial charge >= 0.3 is 0 Å². The maximum Gasteiger partial charge on any atom is 0.123 e. The quantitative estimate of drug-likeness (QED) is 0.937. The molecule has 0 saturated heterocycles. The molecular formula is C18H21FN2. The van der Waals surface area contributed by atoms with Crippen LogP contribution in [0.4, 0.5) is 4.39 Å². The summed E-state index contributed by atoms with van der Waals surface area (Å²) in [6, 6.07) is 15.5. The van der Waals surface area contributed by atoms with Gasteiger partial charge in [-0.3, -0.25) is 4.90 Å². The van der Waals surface area contributed by atoms with Crippen LogP contribution in [-0.4, -0.2) is 18.0 Å². The van der Waals surface area contributed by atoms with Gasteiger partial charge in [-0.15, -0.1) is 0 Å². The van der Waals surface area contributed by atoms with Crippen molar-refractivity contribution in [2.75, 3.05) is 13.1 Å². The average Bonchev–Trinajstić information content (AvgIpc) is 2.72. The number of benzene rings is 2. The molecule has 1 aliphatic heterocycles. The Kier molecular flexibility index (Phi) is 4.32. The fourth-order valence-corrected chi connectivity index (χ4v) is 3.17. The Balaban J connectivity index is 1.86. The second-order valence-corrected chi connectivity index (χ2v) is 5.65. The van der Waals surface area contributed by atoms with E-state index in [1.54, 1.807) is 0 Å². The van der Waals surface area contributed by atoms with Gasteiger partial charge in [-0.25, -0.2) is 4.39 Å². The maximum atomic E-state index is 13.1. The molecule has 110 valence electrons. The molecule has 1 aliphatic rings. The van der Waals surface area contributed by atoms with Crippen LogP contribution in [0.25, 0.3) is 0 Å². The molecule has 2 aromatic carbocycles.